The lowest BCUT2D eigenvalue weighted by Gasteiger charge is -2.27. The quantitative estimate of drug-likeness (QED) is 0.166. The normalized spacial score (nSPS) is 11.9. The van der Waals surface area contributed by atoms with Crippen LogP contribution >= 0.6 is 0 Å². The molecule has 0 bridgehead atoms. The number of hydrogen-bond acceptors (Lipinski definition) is 4. The molecule has 10 aromatic carbocycles. The van der Waals surface area contributed by atoms with Gasteiger partial charge in [-0.15, -0.1) is 0 Å². The second-order valence-electron chi connectivity index (χ2n) is 14.7. The summed E-state index contributed by atoms with van der Waals surface area (Å²) in [6, 6.07) is 68.9. The first-order valence-corrected chi connectivity index (χ1v) is 19.3. The van der Waals surface area contributed by atoms with E-state index < -0.39 is 0 Å². The summed E-state index contributed by atoms with van der Waals surface area (Å²) in [5.74, 6) is 0.617. The second kappa shape index (κ2) is 12.4. The molecule has 0 aliphatic rings. The lowest BCUT2D eigenvalue weighted by molar-refractivity contribution is 0.623. The summed E-state index contributed by atoms with van der Waals surface area (Å²) < 4.78 is 12.9. The Balaban J connectivity index is 1.10. The monoisotopic (exact) mass is 728 g/mol. The molecule has 0 amide bonds. The van der Waals surface area contributed by atoms with Crippen molar-refractivity contribution in [3.63, 3.8) is 0 Å². The molecule has 0 fully saturated rings. The van der Waals surface area contributed by atoms with Gasteiger partial charge in [0.2, 0.25) is 5.89 Å². The Bertz CT molecular complexity index is 3540. The standard InChI is InChI=1S/C53H32N2O2/c1-2-11-35(12-3-1)53-54-48-27-24-34-22-21-33-23-25-39(31-46(33)51(34)52(48)57-53)55(40-26-28-50-47(32-40)44-19-8-9-20-49(44)56-50)38-15-10-14-36(29-38)45-30-37-13-4-5-16-41(37)42-17-6-7-18-43(42)45/h1-32H. The third kappa shape index (κ3) is 5.04. The third-order valence-corrected chi connectivity index (χ3v) is 11.4. The van der Waals surface area contributed by atoms with Crippen LogP contribution in [0, 0.1) is 0 Å². The number of hydrogen-bond donors (Lipinski definition) is 0. The van der Waals surface area contributed by atoms with Gasteiger partial charge in [-0.3, -0.25) is 0 Å². The van der Waals surface area contributed by atoms with E-state index in [2.05, 4.69) is 157 Å². The highest BCUT2D eigenvalue weighted by Crippen LogP contribution is 2.44. The molecule has 0 saturated carbocycles. The molecule has 0 unspecified atom stereocenters. The first-order chi connectivity index (χ1) is 28.2. The highest BCUT2D eigenvalue weighted by atomic mass is 16.3. The van der Waals surface area contributed by atoms with E-state index in [-0.39, 0.29) is 0 Å². The Hall–Kier alpha value is -7.69. The molecule has 0 atom stereocenters. The minimum absolute atomic E-state index is 0.617. The van der Waals surface area contributed by atoms with E-state index in [1.807, 2.05) is 42.5 Å². The van der Waals surface area contributed by atoms with Crippen LogP contribution in [-0.4, -0.2) is 4.98 Å². The van der Waals surface area contributed by atoms with E-state index in [1.54, 1.807) is 0 Å². The van der Waals surface area contributed by atoms with Crippen LogP contribution in [0.3, 0.4) is 0 Å². The smallest absolute Gasteiger partial charge is 0.227 e. The summed E-state index contributed by atoms with van der Waals surface area (Å²) in [7, 11) is 0. The van der Waals surface area contributed by atoms with Crippen molar-refractivity contribution >= 4 is 93.2 Å². The molecule has 57 heavy (non-hydrogen) atoms. The Morgan fingerprint density at radius 1 is 0.368 bits per heavy atom. The summed E-state index contributed by atoms with van der Waals surface area (Å²) in [5.41, 5.74) is 9.79. The fraction of sp³-hybridized carbons (Fsp3) is 0. The fourth-order valence-electron chi connectivity index (χ4n) is 8.76. The molecule has 0 aliphatic carbocycles. The van der Waals surface area contributed by atoms with Crippen LogP contribution in [-0.2, 0) is 0 Å². The number of anilines is 3. The van der Waals surface area contributed by atoms with Gasteiger partial charge in [-0.2, -0.15) is 0 Å². The summed E-state index contributed by atoms with van der Waals surface area (Å²) in [6.07, 6.45) is 0. The molecule has 4 heteroatoms. The van der Waals surface area contributed by atoms with Gasteiger partial charge in [-0.1, -0.05) is 121 Å². The molecule has 12 aromatic rings. The van der Waals surface area contributed by atoms with Crippen molar-refractivity contribution in [3.8, 4) is 22.6 Å². The average molecular weight is 729 g/mol. The summed E-state index contributed by atoms with van der Waals surface area (Å²) >= 11 is 0. The van der Waals surface area contributed by atoms with Crippen molar-refractivity contribution in [1.82, 2.24) is 4.98 Å². The molecule has 0 N–H and O–H groups in total. The Kier molecular flexibility index (Phi) is 6.89. The number of furan rings is 1. The zero-order valence-corrected chi connectivity index (χ0v) is 30.7. The number of benzene rings is 10. The van der Waals surface area contributed by atoms with Gasteiger partial charge in [0, 0.05) is 38.8 Å². The van der Waals surface area contributed by atoms with Gasteiger partial charge >= 0.3 is 0 Å². The molecule has 0 saturated heterocycles. The van der Waals surface area contributed by atoms with Crippen LogP contribution in [0.15, 0.2) is 203 Å². The summed E-state index contributed by atoms with van der Waals surface area (Å²) in [6.45, 7) is 0. The predicted octanol–water partition coefficient (Wildman–Crippen LogP) is 15.1. The number of fused-ring (bicyclic) bond motifs is 11. The zero-order valence-electron chi connectivity index (χ0n) is 30.7. The van der Waals surface area contributed by atoms with Gasteiger partial charge in [0.15, 0.2) is 5.58 Å². The molecule has 0 radical (unpaired) electrons. The van der Waals surface area contributed by atoms with Crippen molar-refractivity contribution in [2.24, 2.45) is 0 Å². The lowest BCUT2D eigenvalue weighted by atomic mass is 9.93. The van der Waals surface area contributed by atoms with Crippen molar-refractivity contribution in [2.45, 2.75) is 0 Å². The lowest BCUT2D eigenvalue weighted by Crippen LogP contribution is -2.10. The van der Waals surface area contributed by atoms with Gasteiger partial charge in [-0.25, -0.2) is 4.98 Å². The fourth-order valence-corrected chi connectivity index (χ4v) is 8.76. The van der Waals surface area contributed by atoms with Gasteiger partial charge in [0.1, 0.15) is 16.7 Å². The van der Waals surface area contributed by atoms with Crippen LogP contribution in [0.2, 0.25) is 0 Å². The van der Waals surface area contributed by atoms with Crippen LogP contribution in [0.4, 0.5) is 17.1 Å². The molecular weight excluding hydrogens is 697 g/mol. The van der Waals surface area contributed by atoms with Gasteiger partial charge in [0.25, 0.3) is 0 Å². The Morgan fingerprint density at radius 2 is 1.02 bits per heavy atom. The maximum atomic E-state index is 6.62. The number of nitrogens with zero attached hydrogens (tertiary/aromatic N) is 2. The summed E-state index contributed by atoms with van der Waals surface area (Å²) in [4.78, 5) is 7.30. The molecule has 12 rings (SSSR count). The van der Waals surface area contributed by atoms with Crippen molar-refractivity contribution < 1.29 is 8.83 Å². The molecule has 2 aromatic heterocycles. The Labute approximate surface area is 327 Å². The first-order valence-electron chi connectivity index (χ1n) is 19.3. The second-order valence-corrected chi connectivity index (χ2v) is 14.7. The maximum absolute atomic E-state index is 6.62. The van der Waals surface area contributed by atoms with E-state index in [0.29, 0.717) is 5.89 Å². The largest absolute Gasteiger partial charge is 0.456 e. The molecule has 0 aliphatic heterocycles. The van der Waals surface area contributed by atoms with Gasteiger partial charge in [0.05, 0.1) is 0 Å². The van der Waals surface area contributed by atoms with E-state index >= 15 is 0 Å². The highest BCUT2D eigenvalue weighted by molar-refractivity contribution is 6.19. The number of aromatic nitrogens is 1. The minimum Gasteiger partial charge on any atom is -0.456 e. The van der Waals surface area contributed by atoms with Gasteiger partial charge < -0.3 is 13.7 Å². The van der Waals surface area contributed by atoms with Crippen LogP contribution in [0.5, 0.6) is 0 Å². The van der Waals surface area contributed by atoms with Gasteiger partial charge in [-0.05, 0) is 122 Å². The Morgan fingerprint density at radius 3 is 1.91 bits per heavy atom. The van der Waals surface area contributed by atoms with E-state index in [9.17, 15) is 0 Å². The minimum atomic E-state index is 0.617. The van der Waals surface area contributed by atoms with Crippen LogP contribution in [0.25, 0.3) is 98.7 Å². The SMILES string of the molecule is c1ccc(-c2nc3ccc4ccc5ccc(N(c6cccc(-c7cc8ccccc8c8ccccc78)c6)c6ccc7oc8ccccc8c7c6)cc5c4c3o2)cc1. The molecule has 266 valence electrons. The highest BCUT2D eigenvalue weighted by Gasteiger charge is 2.20. The topological polar surface area (TPSA) is 42.4 Å². The molecule has 4 nitrogen and oxygen atoms in total. The first kappa shape index (κ1) is 31.6. The zero-order chi connectivity index (χ0) is 37.5. The van der Waals surface area contributed by atoms with Crippen molar-refractivity contribution in [3.05, 3.63) is 194 Å². The number of rotatable bonds is 5. The molecule has 0 spiro atoms. The molecule has 2 heterocycles. The number of oxazole rings is 1. The van der Waals surface area contributed by atoms with Crippen molar-refractivity contribution in [2.75, 3.05) is 4.90 Å². The number of para-hydroxylation sites is 1. The van der Waals surface area contributed by atoms with E-state index in [1.165, 1.54) is 27.1 Å². The van der Waals surface area contributed by atoms with Crippen LogP contribution in [0.1, 0.15) is 0 Å². The van der Waals surface area contributed by atoms with Crippen molar-refractivity contribution in [1.29, 1.82) is 0 Å². The van der Waals surface area contributed by atoms with E-state index in [0.717, 1.165) is 82.8 Å². The maximum Gasteiger partial charge on any atom is 0.227 e. The van der Waals surface area contributed by atoms with E-state index in [4.69, 9.17) is 13.8 Å². The third-order valence-electron chi connectivity index (χ3n) is 11.4. The average Bonchev–Trinajstić information content (AvgIpc) is 3.89. The summed E-state index contributed by atoms with van der Waals surface area (Å²) in [5, 5.41) is 11.5. The van der Waals surface area contributed by atoms with Crippen LogP contribution < -0.4 is 4.90 Å². The predicted molar refractivity (Wildman–Crippen MR) is 237 cm³/mol. The molecular formula is C53H32N2O2.